The molecule has 0 radical (unpaired) electrons. The van der Waals surface area contributed by atoms with Crippen molar-refractivity contribution < 1.29 is 20.1 Å². The highest BCUT2D eigenvalue weighted by Crippen LogP contribution is 2.37. The Morgan fingerprint density at radius 2 is 1.79 bits per heavy atom. The van der Waals surface area contributed by atoms with E-state index in [-0.39, 0.29) is 11.5 Å². The Morgan fingerprint density at radius 3 is 2.58 bits per heavy atom. The fourth-order valence-corrected chi connectivity index (χ4v) is 2.34. The van der Waals surface area contributed by atoms with Gasteiger partial charge in [-0.05, 0) is 29.3 Å². The Labute approximate surface area is 110 Å². The molecule has 4 heteroatoms. The highest BCUT2D eigenvalue weighted by molar-refractivity contribution is 5.43. The number of aromatic hydroxyl groups is 2. The predicted octanol–water partition coefficient (Wildman–Crippen LogP) is 2.13. The summed E-state index contributed by atoms with van der Waals surface area (Å²) in [4.78, 5) is 0. The van der Waals surface area contributed by atoms with Gasteiger partial charge in [-0.15, -0.1) is 0 Å². The van der Waals surface area contributed by atoms with Gasteiger partial charge in [0, 0.05) is 6.42 Å². The molecule has 0 amide bonds. The zero-order valence-corrected chi connectivity index (χ0v) is 10.2. The van der Waals surface area contributed by atoms with Crippen LogP contribution in [0.1, 0.15) is 17.2 Å². The molecule has 0 aromatic heterocycles. The van der Waals surface area contributed by atoms with Gasteiger partial charge in [0.15, 0.2) is 11.5 Å². The predicted molar refractivity (Wildman–Crippen MR) is 69.3 cm³/mol. The van der Waals surface area contributed by atoms with Crippen LogP contribution in [0.25, 0.3) is 0 Å². The van der Waals surface area contributed by atoms with Crippen molar-refractivity contribution in [3.63, 3.8) is 0 Å². The summed E-state index contributed by atoms with van der Waals surface area (Å²) in [5, 5.41) is 29.0. The summed E-state index contributed by atoms with van der Waals surface area (Å²) in [5.41, 5.74) is 1.60. The smallest absolute Gasteiger partial charge is 0.157 e. The van der Waals surface area contributed by atoms with Crippen LogP contribution in [-0.4, -0.2) is 21.4 Å². The number of benzene rings is 2. The van der Waals surface area contributed by atoms with E-state index in [1.54, 1.807) is 6.07 Å². The lowest BCUT2D eigenvalue weighted by Crippen LogP contribution is -2.30. The van der Waals surface area contributed by atoms with Crippen molar-refractivity contribution in [1.82, 2.24) is 0 Å². The molecule has 2 aromatic carbocycles. The molecular formula is C15H14O4. The first-order chi connectivity index (χ1) is 9.15. The Balaban J connectivity index is 1.96. The first-order valence-electron chi connectivity index (χ1n) is 6.09. The zero-order chi connectivity index (χ0) is 13.4. The van der Waals surface area contributed by atoms with Crippen molar-refractivity contribution >= 4 is 0 Å². The summed E-state index contributed by atoms with van der Waals surface area (Å²) >= 11 is 0. The average Bonchev–Trinajstić information content (AvgIpc) is 2.41. The van der Waals surface area contributed by atoms with Crippen LogP contribution in [0.3, 0.4) is 0 Å². The van der Waals surface area contributed by atoms with Crippen LogP contribution in [0.4, 0.5) is 0 Å². The van der Waals surface area contributed by atoms with E-state index in [4.69, 9.17) is 4.74 Å². The number of fused-ring (bicyclic) bond motifs is 1. The van der Waals surface area contributed by atoms with Crippen molar-refractivity contribution in [3.8, 4) is 17.2 Å². The molecule has 0 spiro atoms. The second-order valence-corrected chi connectivity index (χ2v) is 4.67. The molecule has 98 valence electrons. The van der Waals surface area contributed by atoms with Gasteiger partial charge in [0.25, 0.3) is 0 Å². The van der Waals surface area contributed by atoms with Crippen molar-refractivity contribution in [2.75, 3.05) is 0 Å². The number of para-hydroxylation sites is 1. The van der Waals surface area contributed by atoms with Crippen molar-refractivity contribution in [2.24, 2.45) is 0 Å². The normalized spacial score (nSPS) is 21.5. The monoisotopic (exact) mass is 258 g/mol. The van der Waals surface area contributed by atoms with Crippen molar-refractivity contribution in [2.45, 2.75) is 18.6 Å². The lowest BCUT2D eigenvalue weighted by molar-refractivity contribution is 0.0207. The molecular weight excluding hydrogens is 244 g/mol. The number of hydrogen-bond acceptors (Lipinski definition) is 4. The SMILES string of the molecule is Oc1ccc(C2Oc3ccccc3CC2O)cc1O. The van der Waals surface area contributed by atoms with Gasteiger partial charge in [-0.25, -0.2) is 0 Å². The van der Waals surface area contributed by atoms with Gasteiger partial charge in [0.1, 0.15) is 11.9 Å². The van der Waals surface area contributed by atoms with Crippen LogP contribution < -0.4 is 4.74 Å². The molecule has 0 saturated heterocycles. The van der Waals surface area contributed by atoms with Gasteiger partial charge in [0.05, 0.1) is 6.10 Å². The van der Waals surface area contributed by atoms with E-state index >= 15 is 0 Å². The first kappa shape index (κ1) is 11.9. The molecule has 0 fully saturated rings. The van der Waals surface area contributed by atoms with Crippen LogP contribution >= 0.6 is 0 Å². The molecule has 3 rings (SSSR count). The molecule has 4 nitrogen and oxygen atoms in total. The number of rotatable bonds is 1. The lowest BCUT2D eigenvalue weighted by atomic mass is 9.94. The summed E-state index contributed by atoms with van der Waals surface area (Å²) in [6.07, 6.45) is -0.720. The van der Waals surface area contributed by atoms with E-state index in [1.165, 1.54) is 12.1 Å². The summed E-state index contributed by atoms with van der Waals surface area (Å²) in [7, 11) is 0. The van der Waals surface area contributed by atoms with Crippen LogP contribution in [0.15, 0.2) is 42.5 Å². The molecule has 19 heavy (non-hydrogen) atoms. The molecule has 0 aliphatic carbocycles. The average molecular weight is 258 g/mol. The fraction of sp³-hybridized carbons (Fsp3) is 0.200. The topological polar surface area (TPSA) is 69.9 Å². The third-order valence-corrected chi connectivity index (χ3v) is 3.33. The zero-order valence-electron chi connectivity index (χ0n) is 10.2. The lowest BCUT2D eigenvalue weighted by Gasteiger charge is -2.30. The number of phenols is 2. The third kappa shape index (κ3) is 2.11. The summed E-state index contributed by atoms with van der Waals surface area (Å²) in [6, 6.07) is 12.0. The van der Waals surface area contributed by atoms with E-state index in [0.29, 0.717) is 12.0 Å². The minimum absolute atomic E-state index is 0.186. The van der Waals surface area contributed by atoms with E-state index in [0.717, 1.165) is 11.3 Å². The number of aliphatic hydroxyl groups is 1. The molecule has 0 bridgehead atoms. The van der Waals surface area contributed by atoms with Crippen molar-refractivity contribution in [3.05, 3.63) is 53.6 Å². The van der Waals surface area contributed by atoms with Crippen molar-refractivity contribution in [1.29, 1.82) is 0 Å². The second kappa shape index (κ2) is 4.48. The van der Waals surface area contributed by atoms with Gasteiger partial charge in [-0.1, -0.05) is 24.3 Å². The maximum atomic E-state index is 10.2. The maximum absolute atomic E-state index is 10.2. The molecule has 1 aliphatic heterocycles. The van der Waals surface area contributed by atoms with Gasteiger partial charge in [-0.3, -0.25) is 0 Å². The molecule has 2 unspecified atom stereocenters. The van der Waals surface area contributed by atoms with Crippen LogP contribution in [0, 0.1) is 0 Å². The maximum Gasteiger partial charge on any atom is 0.157 e. The Kier molecular flexibility index (Phi) is 2.80. The largest absolute Gasteiger partial charge is 0.504 e. The van der Waals surface area contributed by atoms with E-state index in [9.17, 15) is 15.3 Å². The molecule has 0 saturated carbocycles. The van der Waals surface area contributed by atoms with Crippen LogP contribution in [0.5, 0.6) is 17.2 Å². The minimum atomic E-state index is -0.682. The van der Waals surface area contributed by atoms with E-state index < -0.39 is 12.2 Å². The quantitative estimate of drug-likeness (QED) is 0.685. The second-order valence-electron chi connectivity index (χ2n) is 4.67. The van der Waals surface area contributed by atoms with Crippen LogP contribution in [0.2, 0.25) is 0 Å². The third-order valence-electron chi connectivity index (χ3n) is 3.33. The molecule has 2 aromatic rings. The van der Waals surface area contributed by atoms with Gasteiger partial charge in [-0.2, -0.15) is 0 Å². The Bertz CT molecular complexity index is 609. The van der Waals surface area contributed by atoms with E-state index in [2.05, 4.69) is 0 Å². The summed E-state index contributed by atoms with van der Waals surface area (Å²) in [6.45, 7) is 0. The fourth-order valence-electron chi connectivity index (χ4n) is 2.34. The van der Waals surface area contributed by atoms with Gasteiger partial charge < -0.3 is 20.1 Å². The highest BCUT2D eigenvalue weighted by Gasteiger charge is 2.30. The van der Waals surface area contributed by atoms with Crippen LogP contribution in [-0.2, 0) is 6.42 Å². The highest BCUT2D eigenvalue weighted by atomic mass is 16.5. The molecule has 1 heterocycles. The number of phenolic OH excluding ortho intramolecular Hbond substituents is 2. The van der Waals surface area contributed by atoms with Gasteiger partial charge >= 0.3 is 0 Å². The van der Waals surface area contributed by atoms with E-state index in [1.807, 2.05) is 24.3 Å². The number of hydrogen-bond donors (Lipinski definition) is 3. The Morgan fingerprint density at radius 1 is 1.00 bits per heavy atom. The molecule has 2 atom stereocenters. The number of ether oxygens (including phenoxy) is 1. The Hall–Kier alpha value is -2.20. The first-order valence-corrected chi connectivity index (χ1v) is 6.09. The minimum Gasteiger partial charge on any atom is -0.504 e. The number of aliphatic hydroxyl groups excluding tert-OH is 1. The van der Waals surface area contributed by atoms with Gasteiger partial charge in [0.2, 0.25) is 0 Å². The standard InChI is InChI=1S/C15H14O4/c16-11-6-5-10(8-12(11)17)15-13(18)7-9-3-1-2-4-14(9)19-15/h1-6,8,13,15-18H,7H2. The molecule has 3 N–H and O–H groups in total. The summed E-state index contributed by atoms with van der Waals surface area (Å²) < 4.78 is 5.78. The molecule has 1 aliphatic rings. The summed E-state index contributed by atoms with van der Waals surface area (Å²) in [5.74, 6) is 0.340.